The molecule has 1 saturated heterocycles. The minimum absolute atomic E-state index is 0.0547. The lowest BCUT2D eigenvalue weighted by atomic mass is 9.87. The molecule has 0 radical (unpaired) electrons. The summed E-state index contributed by atoms with van der Waals surface area (Å²) in [7, 11) is 0. The number of carbonyl (C=O) groups is 5. The minimum atomic E-state index is -1.05. The molecule has 0 bridgehead atoms. The normalized spacial score (nSPS) is 17.1. The molecule has 47 heavy (non-hydrogen) atoms. The number of hydrogen-bond acceptors (Lipinski definition) is 7. The van der Waals surface area contributed by atoms with Crippen molar-refractivity contribution in [3.8, 4) is 0 Å². The zero-order chi connectivity index (χ0) is 34.3. The van der Waals surface area contributed by atoms with Gasteiger partial charge < -0.3 is 26.8 Å². The first-order valence-corrected chi connectivity index (χ1v) is 16.9. The van der Waals surface area contributed by atoms with Gasteiger partial charge in [-0.1, -0.05) is 80.9 Å². The van der Waals surface area contributed by atoms with Gasteiger partial charge in [0.1, 0.15) is 6.04 Å². The van der Waals surface area contributed by atoms with E-state index < -0.39 is 41.8 Å². The van der Waals surface area contributed by atoms with Gasteiger partial charge in [0.05, 0.1) is 12.1 Å². The van der Waals surface area contributed by atoms with Gasteiger partial charge in [-0.2, -0.15) is 0 Å². The zero-order valence-electron chi connectivity index (χ0n) is 27.8. The van der Waals surface area contributed by atoms with Gasteiger partial charge in [0, 0.05) is 31.2 Å². The van der Waals surface area contributed by atoms with E-state index in [4.69, 9.17) is 11.5 Å². The summed E-state index contributed by atoms with van der Waals surface area (Å²) in [5.74, 6) is -3.72. The third-order valence-corrected chi connectivity index (χ3v) is 8.89. The number of carboxylic acids is 1. The first-order valence-electron chi connectivity index (χ1n) is 16.9. The third kappa shape index (κ3) is 12.0. The molecule has 2 aromatic rings. The van der Waals surface area contributed by atoms with Crippen molar-refractivity contribution >= 4 is 29.4 Å². The number of rotatable bonds is 20. The van der Waals surface area contributed by atoms with Crippen molar-refractivity contribution in [1.29, 1.82) is 0 Å². The highest BCUT2D eigenvalue weighted by molar-refractivity contribution is 5.95. The van der Waals surface area contributed by atoms with Crippen LogP contribution in [0.15, 0.2) is 60.7 Å². The monoisotopic (exact) mass is 648 g/mol. The molecule has 1 fully saturated rings. The molecule has 0 saturated carbocycles. The van der Waals surface area contributed by atoms with E-state index >= 15 is 0 Å². The molecule has 0 aliphatic carbocycles. The molecule has 10 heteroatoms. The Hall–Kier alpha value is -3.89. The second kappa shape index (κ2) is 19.1. The van der Waals surface area contributed by atoms with Crippen molar-refractivity contribution in [2.45, 2.75) is 96.2 Å². The predicted octanol–water partition coefficient (Wildman–Crippen LogP) is 3.69. The Kier molecular flexibility index (Phi) is 15.2. The lowest BCUT2D eigenvalue weighted by Crippen LogP contribution is -2.48. The van der Waals surface area contributed by atoms with E-state index in [-0.39, 0.29) is 36.2 Å². The average Bonchev–Trinajstić information content (AvgIpc) is 3.55. The number of Topliss-reactive ketones (excluding diaryl/α,β-unsaturated/α-hetero) is 2. The van der Waals surface area contributed by atoms with Gasteiger partial charge >= 0.3 is 5.97 Å². The van der Waals surface area contributed by atoms with Gasteiger partial charge in [0.25, 0.3) is 0 Å². The lowest BCUT2D eigenvalue weighted by Gasteiger charge is -2.28. The molecular formula is C37H52N4O6. The number of carboxylic acid groups (broad SMARTS) is 1. The van der Waals surface area contributed by atoms with Crippen LogP contribution in [0, 0.1) is 17.8 Å². The van der Waals surface area contributed by atoms with E-state index in [1.807, 2.05) is 74.5 Å². The Morgan fingerprint density at radius 1 is 0.872 bits per heavy atom. The summed E-state index contributed by atoms with van der Waals surface area (Å²) >= 11 is 0. The topological polar surface area (TPSA) is 173 Å². The maximum atomic E-state index is 13.9. The molecule has 1 aliphatic heterocycles. The van der Waals surface area contributed by atoms with Gasteiger partial charge in [-0.05, 0) is 68.5 Å². The van der Waals surface area contributed by atoms with E-state index in [2.05, 4.69) is 5.32 Å². The van der Waals surface area contributed by atoms with Crippen molar-refractivity contribution in [2.24, 2.45) is 29.2 Å². The molecule has 1 aliphatic rings. The number of amides is 2. The van der Waals surface area contributed by atoms with E-state index in [9.17, 15) is 29.1 Å². The molecule has 3 rings (SSSR count). The first-order chi connectivity index (χ1) is 22.5. The summed E-state index contributed by atoms with van der Waals surface area (Å²) in [4.78, 5) is 68.0. The fourth-order valence-electron chi connectivity index (χ4n) is 6.32. The average molecular weight is 649 g/mol. The van der Waals surface area contributed by atoms with Crippen LogP contribution in [-0.2, 0) is 36.8 Å². The summed E-state index contributed by atoms with van der Waals surface area (Å²) in [5, 5.41) is 12.6. The SMILES string of the molecule is CC(C)C[C@@H](NC(=O)[C@H](CC(=O)[C@H](N)Cc1ccccc1)Cc1ccccc1)C(=O)C[C@H](CCCCN)C(=O)N1CCC[C@H]1C(=O)O. The highest BCUT2D eigenvalue weighted by Crippen LogP contribution is 2.26. The smallest absolute Gasteiger partial charge is 0.326 e. The van der Waals surface area contributed by atoms with Gasteiger partial charge in [-0.15, -0.1) is 0 Å². The Bertz CT molecular complexity index is 1320. The third-order valence-electron chi connectivity index (χ3n) is 8.89. The number of carbonyl (C=O) groups excluding carboxylic acids is 4. The van der Waals surface area contributed by atoms with Crippen LogP contribution in [0.4, 0.5) is 0 Å². The highest BCUT2D eigenvalue weighted by Gasteiger charge is 2.38. The van der Waals surface area contributed by atoms with Crippen molar-refractivity contribution in [1.82, 2.24) is 10.2 Å². The van der Waals surface area contributed by atoms with Crippen molar-refractivity contribution in [2.75, 3.05) is 13.1 Å². The molecular weight excluding hydrogens is 596 g/mol. The van der Waals surface area contributed by atoms with Crippen LogP contribution in [-0.4, -0.2) is 70.6 Å². The van der Waals surface area contributed by atoms with Gasteiger partial charge in [0.2, 0.25) is 11.8 Å². The molecule has 0 spiro atoms. The van der Waals surface area contributed by atoms with Crippen molar-refractivity contribution in [3.63, 3.8) is 0 Å². The van der Waals surface area contributed by atoms with E-state index in [0.29, 0.717) is 64.5 Å². The highest BCUT2D eigenvalue weighted by atomic mass is 16.4. The number of likely N-dealkylation sites (tertiary alicyclic amines) is 1. The number of nitrogens with zero attached hydrogens (tertiary/aromatic N) is 1. The summed E-state index contributed by atoms with van der Waals surface area (Å²) in [5.41, 5.74) is 13.8. The van der Waals surface area contributed by atoms with Crippen molar-refractivity contribution in [3.05, 3.63) is 71.8 Å². The quantitative estimate of drug-likeness (QED) is 0.157. The van der Waals surface area contributed by atoms with E-state index in [1.54, 1.807) is 0 Å². The minimum Gasteiger partial charge on any atom is -0.480 e. The van der Waals surface area contributed by atoms with Gasteiger partial charge in [-0.25, -0.2) is 4.79 Å². The Labute approximate surface area is 278 Å². The zero-order valence-corrected chi connectivity index (χ0v) is 27.8. The number of nitrogens with two attached hydrogens (primary N) is 2. The van der Waals surface area contributed by atoms with E-state index in [0.717, 1.165) is 11.1 Å². The number of benzene rings is 2. The van der Waals surface area contributed by atoms with Gasteiger partial charge in [-0.3, -0.25) is 19.2 Å². The molecule has 2 aromatic carbocycles. The van der Waals surface area contributed by atoms with Crippen LogP contribution >= 0.6 is 0 Å². The summed E-state index contributed by atoms with van der Waals surface area (Å²) in [6.45, 7) is 4.68. The summed E-state index contributed by atoms with van der Waals surface area (Å²) in [6, 6.07) is 16.3. The van der Waals surface area contributed by atoms with Crippen LogP contribution in [0.5, 0.6) is 0 Å². The molecule has 5 atom stereocenters. The standard InChI is InChI=1S/C37H52N4O6/c1-25(2)20-31(34(43)23-28(16-9-10-18-38)36(45)41-19-11-17-32(41)37(46)47)40-35(44)29(21-26-12-5-3-6-13-26)24-33(42)30(39)22-27-14-7-4-8-15-27/h3-8,12-15,25,28-32H,9-11,16-24,38-39H2,1-2H3,(H,40,44)(H,46,47)/t28-,29-,30+,31+,32-/m0/s1. The molecule has 1 heterocycles. The number of unbranched alkanes of at least 4 members (excludes halogenated alkanes) is 1. The van der Waals surface area contributed by atoms with Crippen molar-refractivity contribution < 1.29 is 29.1 Å². The first kappa shape index (κ1) is 37.6. The second-order valence-electron chi connectivity index (χ2n) is 13.2. The summed E-state index contributed by atoms with van der Waals surface area (Å²) in [6.07, 6.45) is 3.48. The van der Waals surface area contributed by atoms with Crippen LogP contribution in [0.2, 0.25) is 0 Å². The maximum absolute atomic E-state index is 13.9. The summed E-state index contributed by atoms with van der Waals surface area (Å²) < 4.78 is 0. The van der Waals surface area contributed by atoms with Crippen LogP contribution < -0.4 is 16.8 Å². The Morgan fingerprint density at radius 3 is 2.04 bits per heavy atom. The molecule has 0 aromatic heterocycles. The maximum Gasteiger partial charge on any atom is 0.326 e. The van der Waals surface area contributed by atoms with E-state index in [1.165, 1.54) is 4.90 Å². The number of hydrogen-bond donors (Lipinski definition) is 4. The number of nitrogens with one attached hydrogen (secondary N) is 1. The fourth-order valence-corrected chi connectivity index (χ4v) is 6.32. The molecule has 256 valence electrons. The molecule has 10 nitrogen and oxygen atoms in total. The van der Waals surface area contributed by atoms with Crippen LogP contribution in [0.25, 0.3) is 0 Å². The fraction of sp³-hybridized carbons (Fsp3) is 0.541. The van der Waals surface area contributed by atoms with Gasteiger partial charge in [0.15, 0.2) is 11.6 Å². The predicted molar refractivity (Wildman–Crippen MR) is 181 cm³/mol. The van der Waals surface area contributed by atoms with Crippen LogP contribution in [0.1, 0.15) is 76.3 Å². The Balaban J connectivity index is 1.79. The number of ketones is 2. The largest absolute Gasteiger partial charge is 0.480 e. The Morgan fingerprint density at radius 2 is 1.47 bits per heavy atom. The molecule has 6 N–H and O–H groups in total. The second-order valence-corrected chi connectivity index (χ2v) is 13.2. The lowest BCUT2D eigenvalue weighted by molar-refractivity contribution is -0.150. The molecule has 2 amide bonds. The molecule has 0 unspecified atom stereocenters. The van der Waals surface area contributed by atoms with Crippen LogP contribution in [0.3, 0.4) is 0 Å². The number of aliphatic carboxylic acids is 1.